The van der Waals surface area contributed by atoms with Gasteiger partial charge >= 0.3 is 23.9 Å². The van der Waals surface area contributed by atoms with Crippen molar-refractivity contribution in [2.75, 3.05) is 13.2 Å². The van der Waals surface area contributed by atoms with Gasteiger partial charge in [0.25, 0.3) is 0 Å². The first-order chi connectivity index (χ1) is 25.9. The minimum atomic E-state index is -2.06. The van der Waals surface area contributed by atoms with E-state index in [0.29, 0.717) is 56.0 Å². The summed E-state index contributed by atoms with van der Waals surface area (Å²) in [5, 5.41) is 23.2. The lowest BCUT2D eigenvalue weighted by atomic mass is 9.91. The van der Waals surface area contributed by atoms with Crippen LogP contribution < -0.4 is 9.47 Å². The van der Waals surface area contributed by atoms with Crippen LogP contribution in [0.15, 0.2) is 72.8 Å². The van der Waals surface area contributed by atoms with Crippen molar-refractivity contribution in [2.24, 2.45) is 0 Å². The minimum absolute atomic E-state index is 0.0508. The van der Waals surface area contributed by atoms with E-state index in [1.54, 1.807) is 76.2 Å². The fraction of sp³-hybridized carbons (Fsp3) is 0.333. The molecule has 2 N–H and O–H groups in total. The van der Waals surface area contributed by atoms with Gasteiger partial charge in [-0.3, -0.25) is 0 Å². The van der Waals surface area contributed by atoms with Gasteiger partial charge in [0.2, 0.25) is 12.2 Å². The van der Waals surface area contributed by atoms with Gasteiger partial charge in [-0.1, -0.05) is 72.8 Å². The Morgan fingerprint density at radius 2 is 0.815 bits per heavy atom. The molecule has 0 fully saturated rings. The number of ether oxygens (including phenoxy) is 6. The number of esters is 4. The number of aromatic hydroxyl groups is 2. The van der Waals surface area contributed by atoms with Crippen molar-refractivity contribution in [1.82, 2.24) is 0 Å². The van der Waals surface area contributed by atoms with Crippen molar-refractivity contribution in [3.63, 3.8) is 0 Å². The number of hydrogen-bond acceptors (Lipinski definition) is 12. The molecule has 1 unspecified atom stereocenters. The van der Waals surface area contributed by atoms with E-state index in [1.165, 1.54) is 0 Å². The first-order valence-electron chi connectivity index (χ1n) is 17.7. The van der Waals surface area contributed by atoms with Crippen LogP contribution in [0.2, 0.25) is 0 Å². The number of para-hydroxylation sites is 4. The highest BCUT2D eigenvalue weighted by molar-refractivity contribution is 5.90. The van der Waals surface area contributed by atoms with Crippen LogP contribution in [0.3, 0.4) is 0 Å². The lowest BCUT2D eigenvalue weighted by Gasteiger charge is -2.26. The van der Waals surface area contributed by atoms with Crippen molar-refractivity contribution in [3.05, 3.63) is 117 Å². The second kappa shape index (κ2) is 16.3. The number of fused-ring (bicyclic) bond motifs is 9. The third-order valence-electron chi connectivity index (χ3n) is 8.91. The average Bonchev–Trinajstić information content (AvgIpc) is 3.11. The van der Waals surface area contributed by atoms with Crippen LogP contribution in [0.25, 0.3) is 0 Å². The largest absolute Gasteiger partial charge is 0.507 e. The zero-order valence-electron chi connectivity index (χ0n) is 30.5. The Morgan fingerprint density at radius 1 is 0.537 bits per heavy atom. The molecule has 12 heteroatoms. The maximum atomic E-state index is 13.6. The van der Waals surface area contributed by atoms with E-state index < -0.39 is 61.5 Å². The van der Waals surface area contributed by atoms with Crippen molar-refractivity contribution in [3.8, 4) is 23.0 Å². The molecule has 12 nitrogen and oxygen atoms in total. The highest BCUT2D eigenvalue weighted by atomic mass is 16.7. The summed E-state index contributed by atoms with van der Waals surface area (Å²) in [6.07, 6.45) is -4.70. The van der Waals surface area contributed by atoms with Crippen molar-refractivity contribution in [2.45, 2.75) is 77.8 Å². The predicted molar refractivity (Wildman–Crippen MR) is 194 cm³/mol. The molecule has 10 bridgehead atoms. The van der Waals surface area contributed by atoms with Crippen molar-refractivity contribution in [1.29, 1.82) is 0 Å². The molecule has 282 valence electrons. The van der Waals surface area contributed by atoms with Crippen LogP contribution in [0, 0.1) is 0 Å². The lowest BCUT2D eigenvalue weighted by Crippen LogP contribution is -2.49. The first-order valence-corrected chi connectivity index (χ1v) is 17.7. The standard InChI is InChI=1S/C42H42O12/c1-23(2)51-41(47)39-40(42(48)52-24(3)4)54-34(44)22-50-38-31-15-8-16-32(38)20-28-12-6-10-26(36(28)46)18-30-14-7-13-29(37(30)49-21-33(43)53-39)17-25-9-5-11-27(19-31)35(25)45/h5-16,23-24,39-40,45-46H,17-22H2,1-4H3/t39-,40?/m0/s1. The summed E-state index contributed by atoms with van der Waals surface area (Å²) in [7, 11) is 0. The Hall–Kier alpha value is -6.04. The molecule has 54 heavy (non-hydrogen) atoms. The fourth-order valence-corrected chi connectivity index (χ4v) is 6.56. The predicted octanol–water partition coefficient (Wildman–Crippen LogP) is 5.27. The van der Waals surface area contributed by atoms with Crippen LogP contribution in [0.4, 0.5) is 0 Å². The van der Waals surface area contributed by atoms with Crippen molar-refractivity contribution >= 4 is 23.9 Å². The Balaban J connectivity index is 1.55. The van der Waals surface area contributed by atoms with Crippen LogP contribution in [-0.2, 0) is 63.8 Å². The number of rotatable bonds is 4. The molecule has 0 amide bonds. The third-order valence-corrected chi connectivity index (χ3v) is 8.91. The molecule has 0 saturated heterocycles. The van der Waals surface area contributed by atoms with Crippen LogP contribution in [0.5, 0.6) is 23.0 Å². The molecule has 2 aliphatic heterocycles. The van der Waals surface area contributed by atoms with Crippen molar-refractivity contribution < 1.29 is 57.8 Å². The molecule has 7 rings (SSSR count). The molecule has 0 saturated carbocycles. The van der Waals surface area contributed by atoms with Gasteiger partial charge in [-0.05, 0) is 72.2 Å². The molecule has 4 aromatic rings. The average molecular weight is 739 g/mol. The quantitative estimate of drug-likeness (QED) is 0.140. The van der Waals surface area contributed by atoms with Gasteiger partial charge in [0.05, 0.1) is 12.2 Å². The minimum Gasteiger partial charge on any atom is -0.507 e. The normalized spacial score (nSPS) is 17.4. The van der Waals surface area contributed by atoms with Gasteiger partial charge < -0.3 is 38.6 Å². The molecular weight excluding hydrogens is 696 g/mol. The van der Waals surface area contributed by atoms with E-state index in [0.717, 1.165) is 0 Å². The molecular formula is C42H42O12. The summed E-state index contributed by atoms with van der Waals surface area (Å²) in [4.78, 5) is 54.0. The summed E-state index contributed by atoms with van der Waals surface area (Å²) < 4.78 is 34.1. The Labute approximate surface area is 312 Å². The zero-order valence-corrected chi connectivity index (χ0v) is 30.5. The maximum absolute atomic E-state index is 13.6. The number of carbonyl (C=O) groups is 4. The van der Waals surface area contributed by atoms with Crippen LogP contribution in [-0.4, -0.2) is 71.7 Å². The molecule has 0 radical (unpaired) electrons. The Morgan fingerprint density at radius 3 is 1.09 bits per heavy atom. The highest BCUT2D eigenvalue weighted by Gasteiger charge is 2.43. The highest BCUT2D eigenvalue weighted by Crippen LogP contribution is 2.38. The molecule has 4 aromatic carbocycles. The van der Waals surface area contributed by atoms with E-state index in [-0.39, 0.29) is 37.2 Å². The van der Waals surface area contributed by atoms with Gasteiger partial charge in [-0.2, -0.15) is 0 Å². The van der Waals surface area contributed by atoms with Crippen LogP contribution >= 0.6 is 0 Å². The SMILES string of the molecule is CC(C)OC(=O)C1OC(=O)COc2c3cccc2Cc2cccc(c2O)Cc2cccc(c2OCC(=O)O[C@@H]1C(=O)OC(C)C)Cc1cccc(c1O)C3. The third kappa shape index (κ3) is 8.60. The molecule has 2 heterocycles. The van der Waals surface area contributed by atoms with E-state index in [1.807, 2.05) is 24.3 Å². The van der Waals surface area contributed by atoms with Gasteiger partial charge in [0, 0.05) is 25.7 Å². The number of phenols is 2. The number of benzene rings is 4. The number of carbonyl (C=O) groups excluding carboxylic acids is 4. The monoisotopic (exact) mass is 738 g/mol. The lowest BCUT2D eigenvalue weighted by molar-refractivity contribution is -0.195. The van der Waals surface area contributed by atoms with Gasteiger partial charge in [0.1, 0.15) is 23.0 Å². The van der Waals surface area contributed by atoms with E-state index >= 15 is 0 Å². The molecule has 3 aliphatic rings. The Kier molecular flexibility index (Phi) is 11.4. The van der Waals surface area contributed by atoms with E-state index in [2.05, 4.69) is 0 Å². The second-order valence-corrected chi connectivity index (χ2v) is 13.7. The maximum Gasteiger partial charge on any atom is 0.352 e. The summed E-state index contributed by atoms with van der Waals surface area (Å²) >= 11 is 0. The van der Waals surface area contributed by atoms with E-state index in [4.69, 9.17) is 28.4 Å². The first kappa shape index (κ1) is 37.7. The number of hydrogen-bond donors (Lipinski definition) is 2. The smallest absolute Gasteiger partial charge is 0.352 e. The Bertz CT molecular complexity index is 1830. The van der Waals surface area contributed by atoms with Crippen LogP contribution in [0.1, 0.15) is 72.2 Å². The topological polar surface area (TPSA) is 164 Å². The molecule has 1 aliphatic carbocycles. The van der Waals surface area contributed by atoms with Gasteiger partial charge in [-0.15, -0.1) is 0 Å². The van der Waals surface area contributed by atoms with E-state index in [9.17, 15) is 29.4 Å². The summed E-state index contributed by atoms with van der Waals surface area (Å²) in [6, 6.07) is 21.6. The fourth-order valence-electron chi connectivity index (χ4n) is 6.56. The summed E-state index contributed by atoms with van der Waals surface area (Å²) in [6.45, 7) is 4.77. The molecule has 2 atom stereocenters. The summed E-state index contributed by atoms with van der Waals surface area (Å²) in [5.74, 6) is -3.78. The molecule has 0 aromatic heterocycles. The number of phenolic OH excluding ortho intramolecular Hbond substituents is 2. The zero-order chi connectivity index (χ0) is 38.5. The summed E-state index contributed by atoms with van der Waals surface area (Å²) in [5.41, 5.74) is 4.78. The second-order valence-electron chi connectivity index (χ2n) is 13.7. The molecule has 0 spiro atoms. The van der Waals surface area contributed by atoms with Gasteiger partial charge in [0.15, 0.2) is 13.2 Å². The van der Waals surface area contributed by atoms with Gasteiger partial charge in [-0.25, -0.2) is 19.2 Å².